The van der Waals surface area contributed by atoms with Crippen LogP contribution in [-0.4, -0.2) is 42.7 Å². The van der Waals surface area contributed by atoms with Gasteiger partial charge in [0.05, 0.1) is 0 Å². The Bertz CT molecular complexity index is 2020. The average Bonchev–Trinajstić information content (AvgIpc) is 3.66. The first-order valence-electron chi connectivity index (χ1n) is 20.3. The van der Waals surface area contributed by atoms with E-state index in [0.29, 0.717) is 57.5 Å². The Labute approximate surface area is 360 Å². The van der Waals surface area contributed by atoms with Crippen LogP contribution in [0.1, 0.15) is 137 Å². The van der Waals surface area contributed by atoms with E-state index >= 15 is 0 Å². The van der Waals surface area contributed by atoms with Gasteiger partial charge in [0.25, 0.3) is 0 Å². The molecule has 0 spiro atoms. The molecular formula is C48H60Cl2N3O4Ru-. The molecule has 4 aromatic carbocycles. The van der Waals surface area contributed by atoms with Crippen LogP contribution < -0.4 is 24.2 Å². The topological polar surface area (TPSA) is 62.3 Å². The molecule has 0 aromatic heterocycles. The Morgan fingerprint density at radius 3 is 1.67 bits per heavy atom. The Morgan fingerprint density at radius 1 is 0.776 bits per heavy atom. The quantitative estimate of drug-likeness (QED) is 0.0897. The van der Waals surface area contributed by atoms with Gasteiger partial charge in [-0.25, -0.2) is 0 Å². The van der Waals surface area contributed by atoms with Crippen molar-refractivity contribution in [3.05, 3.63) is 118 Å². The van der Waals surface area contributed by atoms with Gasteiger partial charge in [0.2, 0.25) is 0 Å². The molecule has 1 saturated heterocycles. The number of nitrogens with zero attached hydrogens (tertiary/aromatic N) is 3. The number of fused-ring (bicyclic) bond motifs is 1. The molecule has 1 atom stereocenters. The number of aryl methyl sites for hydroxylation is 1. The van der Waals surface area contributed by atoms with Crippen LogP contribution in [0.15, 0.2) is 72.8 Å². The summed E-state index contributed by atoms with van der Waals surface area (Å²) in [4.78, 5) is 32.9. The summed E-state index contributed by atoms with van der Waals surface area (Å²) in [5.74, 6) is 2.22. The maximum absolute atomic E-state index is 13.5. The van der Waals surface area contributed by atoms with E-state index in [1.165, 1.54) is 38.5 Å². The number of halogens is 2. The summed E-state index contributed by atoms with van der Waals surface area (Å²) >= 11 is -2.13. The predicted octanol–water partition coefficient (Wildman–Crippen LogP) is 12.3. The van der Waals surface area contributed by atoms with E-state index in [9.17, 15) is 9.59 Å². The fourth-order valence-electron chi connectivity index (χ4n) is 7.71. The molecule has 1 unspecified atom stereocenters. The number of hydrogen-bond donors (Lipinski definition) is 0. The standard InChI is InChI=1S/C27H39N2.C21H21NO4.2ClH.Ru/c1-18(2)22-11-9-12-23(19(3)4)26(22)28-15-16-29(17-28)27-24(20(5)6)13-10-14-25(27)21(7)8;1-12(2)18-21(24)22(17-8-6-7-13(3)19(17)26-18)20(23)16-10-9-15(25-5)11-14(16)4;;;/h9-14,17-21H,15-16H2,1-8H3;3,6-12,18H,1-2,4-5H3;2*1H;/q-1;;;;+2/p-2. The zero-order valence-corrected chi connectivity index (χ0v) is 39.3. The molecule has 4 aromatic rings. The number of carbonyl (C=O) groups excluding carboxylic acids is 2. The van der Waals surface area contributed by atoms with Gasteiger partial charge < -0.3 is 9.80 Å². The van der Waals surface area contributed by atoms with Gasteiger partial charge in [-0.15, -0.1) is 0 Å². The first-order valence-corrected chi connectivity index (χ1v) is 25.7. The van der Waals surface area contributed by atoms with Gasteiger partial charge in [-0.05, 0) is 45.9 Å². The van der Waals surface area contributed by atoms with Crippen LogP contribution in [0.25, 0.3) is 0 Å². The number of rotatable bonds is 10. The molecule has 0 aliphatic carbocycles. The third-order valence-corrected chi connectivity index (χ3v) is 12.6. The first kappa shape index (κ1) is 45.4. The number of methoxy groups -OCH3 is 1. The van der Waals surface area contributed by atoms with Gasteiger partial charge in [0.1, 0.15) is 0 Å². The summed E-state index contributed by atoms with van der Waals surface area (Å²) in [5.41, 5.74) is 10.9. The molecule has 6 rings (SSSR count). The molecule has 0 radical (unpaired) electrons. The summed E-state index contributed by atoms with van der Waals surface area (Å²) in [6, 6.07) is 24.1. The zero-order valence-electron chi connectivity index (χ0n) is 36.0. The Morgan fingerprint density at radius 2 is 1.26 bits per heavy atom. The molecule has 1 fully saturated rings. The van der Waals surface area contributed by atoms with Crippen LogP contribution in [-0.2, 0) is 18.3 Å². The molecule has 7 nitrogen and oxygen atoms in total. The van der Waals surface area contributed by atoms with E-state index in [1.807, 2.05) is 26.8 Å². The number of anilines is 3. The van der Waals surface area contributed by atoms with Crippen LogP contribution in [0.2, 0.25) is 0 Å². The monoisotopic (exact) mass is 914 g/mol. The minimum absolute atomic E-state index is 0.128. The number of para-hydroxylation sites is 3. The van der Waals surface area contributed by atoms with Gasteiger partial charge in [0.15, 0.2) is 0 Å². The summed E-state index contributed by atoms with van der Waals surface area (Å²) in [6.07, 6.45) is -0.786. The fraction of sp³-hybridized carbons (Fsp3) is 0.417. The van der Waals surface area contributed by atoms with Crippen molar-refractivity contribution < 1.29 is 32.6 Å². The number of ether oxygens (including phenoxy) is 2. The van der Waals surface area contributed by atoms with Crippen molar-refractivity contribution >= 4 is 52.9 Å². The normalized spacial score (nSPS) is 15.6. The zero-order chi connectivity index (χ0) is 42.6. The molecule has 314 valence electrons. The summed E-state index contributed by atoms with van der Waals surface area (Å²) < 4.78 is 13.0. The minimum atomic E-state index is -2.13. The summed E-state index contributed by atoms with van der Waals surface area (Å²) in [6.45, 7) is 28.5. The number of benzene rings is 4. The fourth-order valence-corrected chi connectivity index (χ4v) is 9.50. The Kier molecular flexibility index (Phi) is 15.3. The van der Waals surface area contributed by atoms with Crippen molar-refractivity contribution in [2.24, 2.45) is 5.92 Å². The molecule has 58 heavy (non-hydrogen) atoms. The van der Waals surface area contributed by atoms with E-state index in [2.05, 4.69) is 108 Å². The second-order valence-corrected chi connectivity index (χ2v) is 22.4. The third-order valence-electron chi connectivity index (χ3n) is 10.8. The van der Waals surface area contributed by atoms with E-state index in [1.54, 1.807) is 42.1 Å². The van der Waals surface area contributed by atoms with Gasteiger partial charge in [-0.2, -0.15) is 6.67 Å². The van der Waals surface area contributed by atoms with Gasteiger partial charge in [0, 0.05) is 24.5 Å². The molecule has 2 amide bonds. The van der Waals surface area contributed by atoms with E-state index in [4.69, 9.17) is 28.9 Å². The van der Waals surface area contributed by atoms with E-state index in [0.717, 1.165) is 13.1 Å². The molecule has 2 aliphatic heterocycles. The van der Waals surface area contributed by atoms with Gasteiger partial charge in [-0.3, -0.25) is 0 Å². The molecule has 0 saturated carbocycles. The second-order valence-electron chi connectivity index (χ2n) is 16.6. The Hall–Kier alpha value is -3.71. The van der Waals surface area contributed by atoms with Crippen molar-refractivity contribution in [3.63, 3.8) is 0 Å². The molecule has 2 heterocycles. The maximum atomic E-state index is 13.5. The van der Waals surface area contributed by atoms with Crippen LogP contribution in [0.5, 0.6) is 11.5 Å². The van der Waals surface area contributed by atoms with E-state index < -0.39 is 31.4 Å². The second kappa shape index (κ2) is 19.6. The van der Waals surface area contributed by atoms with Crippen LogP contribution in [0.3, 0.4) is 0 Å². The van der Waals surface area contributed by atoms with Crippen molar-refractivity contribution in [2.45, 2.75) is 106 Å². The third kappa shape index (κ3) is 9.83. The van der Waals surface area contributed by atoms with Crippen molar-refractivity contribution in [1.82, 2.24) is 0 Å². The van der Waals surface area contributed by atoms with Gasteiger partial charge >= 0.3 is 183 Å². The van der Waals surface area contributed by atoms with Crippen molar-refractivity contribution in [3.8, 4) is 11.5 Å². The van der Waals surface area contributed by atoms with Crippen molar-refractivity contribution in [1.29, 1.82) is 0 Å². The predicted molar refractivity (Wildman–Crippen MR) is 240 cm³/mol. The number of imide groups is 1. The van der Waals surface area contributed by atoms with Crippen LogP contribution in [0, 0.1) is 19.5 Å². The SMILES string of the molecule is CC(C)c1cccc(C(C)C)c1N1[CH-]N(c2c(C(C)C)cccc2C(C)C)CC1.COc1ccc(C(=O)N2C(=O)C(C(C)C)Oc3c([CH]=[Ru]([Cl])[Cl])cccc32)c(C)c1. The number of carbonyl (C=O) groups is 2. The average molecular weight is 915 g/mol. The van der Waals surface area contributed by atoms with Crippen LogP contribution in [0.4, 0.5) is 17.1 Å². The Balaban J connectivity index is 0.000000221. The molecule has 2 aliphatic rings. The number of amides is 2. The summed E-state index contributed by atoms with van der Waals surface area (Å²) in [5, 5.41) is 0. The van der Waals surface area contributed by atoms with Crippen molar-refractivity contribution in [2.75, 3.05) is 34.9 Å². The molecule has 0 N–H and O–H groups in total. The van der Waals surface area contributed by atoms with Gasteiger partial charge in [-0.1, -0.05) is 91.8 Å². The summed E-state index contributed by atoms with van der Waals surface area (Å²) in [7, 11) is 13.7. The first-order chi connectivity index (χ1) is 27.5. The molecule has 10 heteroatoms. The number of hydrogen-bond acceptors (Lipinski definition) is 6. The molecule has 0 bridgehead atoms. The van der Waals surface area contributed by atoms with Crippen LogP contribution >= 0.6 is 19.4 Å². The molecular weight excluding hydrogens is 855 g/mol. The van der Waals surface area contributed by atoms with E-state index in [-0.39, 0.29) is 5.92 Å².